The molecule has 0 atom stereocenters. The van der Waals surface area contributed by atoms with Crippen LogP contribution in [0.3, 0.4) is 0 Å². The van der Waals surface area contributed by atoms with E-state index >= 15 is 0 Å². The summed E-state index contributed by atoms with van der Waals surface area (Å²) in [5.41, 5.74) is 2.49. The fourth-order valence-corrected chi connectivity index (χ4v) is 3.02. The molecule has 0 saturated heterocycles. The third-order valence-electron chi connectivity index (χ3n) is 4.45. The third-order valence-corrected chi connectivity index (χ3v) is 4.45. The summed E-state index contributed by atoms with van der Waals surface area (Å²) in [6.45, 7) is 1.75. The van der Waals surface area contributed by atoms with E-state index in [4.69, 9.17) is 4.52 Å². The molecule has 4 rings (SSSR count). The first-order valence-electron chi connectivity index (χ1n) is 8.41. The van der Waals surface area contributed by atoms with Gasteiger partial charge in [-0.15, -0.1) is 0 Å². The van der Waals surface area contributed by atoms with Gasteiger partial charge in [0.1, 0.15) is 5.82 Å². The molecule has 0 saturated carbocycles. The topological polar surface area (TPSA) is 59.2 Å². The number of hydrogen-bond donors (Lipinski definition) is 0. The normalized spacial score (nSPS) is 10.9. The van der Waals surface area contributed by atoms with E-state index in [1.54, 1.807) is 38.2 Å². The third kappa shape index (κ3) is 2.95. The van der Waals surface area contributed by atoms with Crippen molar-refractivity contribution in [1.29, 1.82) is 0 Å². The van der Waals surface area contributed by atoms with Crippen LogP contribution >= 0.6 is 0 Å². The minimum atomic E-state index is -0.421. The molecule has 0 aliphatic heterocycles. The van der Waals surface area contributed by atoms with Crippen molar-refractivity contribution in [3.63, 3.8) is 0 Å². The van der Waals surface area contributed by atoms with Gasteiger partial charge in [-0.2, -0.15) is 0 Å². The Kier molecular flexibility index (Phi) is 4.16. The van der Waals surface area contributed by atoms with Crippen molar-refractivity contribution in [2.75, 3.05) is 11.9 Å². The maximum atomic E-state index is 14.3. The molecule has 0 fully saturated rings. The minimum Gasteiger partial charge on any atom is -0.335 e. The molecule has 4 aromatic rings. The number of halogens is 1. The lowest BCUT2D eigenvalue weighted by Crippen LogP contribution is -2.26. The van der Waals surface area contributed by atoms with Crippen molar-refractivity contribution in [3.8, 4) is 11.3 Å². The van der Waals surface area contributed by atoms with Crippen LogP contribution < -0.4 is 4.90 Å². The SMILES string of the molecule is Cc1noc2nc(-c3ccccc3F)cc(C(=O)N(C)c3ccccc3)c12. The van der Waals surface area contributed by atoms with Crippen molar-refractivity contribution in [1.82, 2.24) is 10.1 Å². The Hall–Kier alpha value is -3.54. The molecular weight excluding hydrogens is 345 g/mol. The van der Waals surface area contributed by atoms with Crippen LogP contribution in [0.2, 0.25) is 0 Å². The van der Waals surface area contributed by atoms with Crippen molar-refractivity contribution >= 4 is 22.7 Å². The molecule has 27 heavy (non-hydrogen) atoms. The van der Waals surface area contributed by atoms with E-state index in [1.807, 2.05) is 30.3 Å². The number of anilines is 1. The van der Waals surface area contributed by atoms with Gasteiger partial charge in [0.15, 0.2) is 0 Å². The Bertz CT molecular complexity index is 1140. The van der Waals surface area contributed by atoms with Gasteiger partial charge in [-0.3, -0.25) is 4.79 Å². The van der Waals surface area contributed by atoms with Crippen LogP contribution in [-0.2, 0) is 0 Å². The average molecular weight is 361 g/mol. The number of carbonyl (C=O) groups is 1. The van der Waals surface area contributed by atoms with E-state index in [9.17, 15) is 9.18 Å². The number of hydrogen-bond acceptors (Lipinski definition) is 4. The zero-order valence-corrected chi connectivity index (χ0v) is 14.8. The maximum absolute atomic E-state index is 14.3. The van der Waals surface area contributed by atoms with Gasteiger partial charge < -0.3 is 9.42 Å². The number of nitrogens with zero attached hydrogens (tertiary/aromatic N) is 3. The molecule has 0 radical (unpaired) electrons. The molecule has 2 aromatic carbocycles. The average Bonchev–Trinajstić information content (AvgIpc) is 3.08. The minimum absolute atomic E-state index is 0.207. The van der Waals surface area contributed by atoms with E-state index in [0.717, 1.165) is 5.69 Å². The molecule has 2 aromatic heterocycles. The zero-order chi connectivity index (χ0) is 19.0. The van der Waals surface area contributed by atoms with Gasteiger partial charge in [-0.1, -0.05) is 35.5 Å². The number of fused-ring (bicyclic) bond motifs is 1. The van der Waals surface area contributed by atoms with Gasteiger partial charge in [0.05, 0.1) is 22.3 Å². The number of para-hydroxylation sites is 1. The predicted molar refractivity (Wildman–Crippen MR) is 101 cm³/mol. The summed E-state index contributed by atoms with van der Waals surface area (Å²) in [6, 6.07) is 17.2. The lowest BCUT2D eigenvalue weighted by molar-refractivity contribution is 0.0994. The number of pyridine rings is 1. The molecule has 6 heteroatoms. The van der Waals surface area contributed by atoms with E-state index in [1.165, 1.54) is 11.0 Å². The Morgan fingerprint density at radius 3 is 2.52 bits per heavy atom. The number of amides is 1. The Morgan fingerprint density at radius 2 is 1.78 bits per heavy atom. The summed E-state index contributed by atoms with van der Waals surface area (Å²) in [7, 11) is 1.69. The summed E-state index contributed by atoms with van der Waals surface area (Å²) >= 11 is 0. The first-order valence-corrected chi connectivity index (χ1v) is 8.41. The number of carbonyl (C=O) groups excluding carboxylic acids is 1. The Balaban J connectivity index is 1.90. The molecule has 134 valence electrons. The molecular formula is C21H16FN3O2. The Labute approximate surface area is 155 Å². The highest BCUT2D eigenvalue weighted by Crippen LogP contribution is 2.29. The van der Waals surface area contributed by atoms with Gasteiger partial charge in [-0.05, 0) is 37.3 Å². The molecule has 1 amide bonds. The van der Waals surface area contributed by atoms with Crippen LogP contribution in [0.1, 0.15) is 16.1 Å². The van der Waals surface area contributed by atoms with Crippen LogP contribution in [-0.4, -0.2) is 23.1 Å². The highest BCUT2D eigenvalue weighted by atomic mass is 19.1. The number of aryl methyl sites for hydroxylation is 1. The predicted octanol–water partition coefficient (Wildman–Crippen LogP) is 4.61. The smallest absolute Gasteiger partial charge is 0.259 e. The lowest BCUT2D eigenvalue weighted by atomic mass is 10.0. The van der Waals surface area contributed by atoms with E-state index in [-0.39, 0.29) is 11.6 Å². The first kappa shape index (κ1) is 16.9. The van der Waals surface area contributed by atoms with E-state index in [2.05, 4.69) is 10.1 Å². The summed E-state index contributed by atoms with van der Waals surface area (Å²) in [5, 5.41) is 4.46. The molecule has 5 nitrogen and oxygen atoms in total. The van der Waals surface area contributed by atoms with Gasteiger partial charge in [-0.25, -0.2) is 9.37 Å². The summed E-state index contributed by atoms with van der Waals surface area (Å²) in [6.07, 6.45) is 0. The fraction of sp³-hybridized carbons (Fsp3) is 0.0952. The van der Waals surface area contributed by atoms with Crippen molar-refractivity contribution < 1.29 is 13.7 Å². The summed E-state index contributed by atoms with van der Waals surface area (Å²) < 4.78 is 19.5. The first-order chi connectivity index (χ1) is 13.1. The molecule has 0 spiro atoms. The van der Waals surface area contributed by atoms with Crippen molar-refractivity contribution in [2.24, 2.45) is 0 Å². The van der Waals surface area contributed by atoms with Crippen LogP contribution in [0.4, 0.5) is 10.1 Å². The largest absolute Gasteiger partial charge is 0.335 e. The maximum Gasteiger partial charge on any atom is 0.259 e. The summed E-state index contributed by atoms with van der Waals surface area (Å²) in [4.78, 5) is 19.1. The second-order valence-electron chi connectivity index (χ2n) is 6.18. The highest BCUT2D eigenvalue weighted by molar-refractivity contribution is 6.13. The van der Waals surface area contributed by atoms with Gasteiger partial charge in [0.2, 0.25) is 0 Å². The number of rotatable bonds is 3. The standard InChI is InChI=1S/C21H16FN3O2/c1-13-19-16(21(26)25(2)14-8-4-3-5-9-14)12-18(23-20(19)27-24-13)15-10-6-7-11-17(15)22/h3-12H,1-2H3. The molecule has 0 unspecified atom stereocenters. The van der Waals surface area contributed by atoms with Crippen LogP contribution in [0.5, 0.6) is 0 Å². The van der Waals surface area contributed by atoms with Crippen molar-refractivity contribution in [2.45, 2.75) is 6.92 Å². The molecule has 0 bridgehead atoms. The fourth-order valence-electron chi connectivity index (χ4n) is 3.02. The molecule has 0 N–H and O–H groups in total. The summed E-state index contributed by atoms with van der Waals surface area (Å²) in [5.74, 6) is -0.673. The van der Waals surface area contributed by atoms with Crippen LogP contribution in [0, 0.1) is 12.7 Å². The Morgan fingerprint density at radius 1 is 1.07 bits per heavy atom. The molecule has 0 aliphatic carbocycles. The zero-order valence-electron chi connectivity index (χ0n) is 14.8. The van der Waals surface area contributed by atoms with Crippen LogP contribution in [0.15, 0.2) is 65.2 Å². The second-order valence-corrected chi connectivity index (χ2v) is 6.18. The monoisotopic (exact) mass is 361 g/mol. The molecule has 0 aliphatic rings. The van der Waals surface area contributed by atoms with Crippen LogP contribution in [0.25, 0.3) is 22.4 Å². The van der Waals surface area contributed by atoms with Gasteiger partial charge >= 0.3 is 0 Å². The number of benzene rings is 2. The lowest BCUT2D eigenvalue weighted by Gasteiger charge is -2.18. The second kappa shape index (κ2) is 6.64. The number of aromatic nitrogens is 2. The highest BCUT2D eigenvalue weighted by Gasteiger charge is 2.23. The van der Waals surface area contributed by atoms with Crippen molar-refractivity contribution in [3.05, 3.63) is 77.7 Å². The molecule has 2 heterocycles. The van der Waals surface area contributed by atoms with Gasteiger partial charge in [0.25, 0.3) is 11.6 Å². The quantitative estimate of drug-likeness (QED) is 0.534. The van der Waals surface area contributed by atoms with Gasteiger partial charge in [0, 0.05) is 18.3 Å². The van der Waals surface area contributed by atoms with E-state index in [0.29, 0.717) is 27.9 Å². The van der Waals surface area contributed by atoms with E-state index < -0.39 is 5.82 Å².